The second kappa shape index (κ2) is 5.37. The lowest BCUT2D eigenvalue weighted by molar-refractivity contribution is 0.0691. The minimum absolute atomic E-state index is 0.227. The Labute approximate surface area is 117 Å². The molecule has 0 amide bonds. The molecule has 0 saturated heterocycles. The number of benzene rings is 2. The molecule has 0 heterocycles. The smallest absolute Gasteiger partial charge is 0.339 e. The molecule has 3 rings (SSSR count). The number of hydrogen-bond donors (Lipinski definition) is 1. The van der Waals surface area contributed by atoms with Crippen molar-refractivity contribution in [1.82, 2.24) is 0 Å². The van der Waals surface area contributed by atoms with Gasteiger partial charge in [0.25, 0.3) is 0 Å². The highest BCUT2D eigenvalue weighted by molar-refractivity contribution is 5.91. The zero-order valence-electron chi connectivity index (χ0n) is 11.1. The van der Waals surface area contributed by atoms with E-state index in [2.05, 4.69) is 0 Å². The number of aromatic carboxylic acids is 1. The molecule has 0 bridgehead atoms. The molecule has 20 heavy (non-hydrogen) atoms. The first-order valence-electron chi connectivity index (χ1n) is 6.78. The van der Waals surface area contributed by atoms with Crippen molar-refractivity contribution in [2.45, 2.75) is 25.4 Å². The van der Waals surface area contributed by atoms with Gasteiger partial charge in [-0.1, -0.05) is 36.4 Å². The highest BCUT2D eigenvalue weighted by Gasteiger charge is 2.25. The van der Waals surface area contributed by atoms with Gasteiger partial charge in [-0.2, -0.15) is 0 Å². The zero-order valence-corrected chi connectivity index (χ0v) is 11.1. The lowest BCUT2D eigenvalue weighted by atomic mass is 10.1. The Hall–Kier alpha value is -2.29. The summed E-state index contributed by atoms with van der Waals surface area (Å²) in [4.78, 5) is 11.2. The SMILES string of the molecule is O=C(O)c1ccc(C2CC2)cc1OCc1ccccc1. The molecule has 2 aromatic carbocycles. The maximum atomic E-state index is 11.2. The van der Waals surface area contributed by atoms with Gasteiger partial charge in [-0.25, -0.2) is 4.79 Å². The summed E-state index contributed by atoms with van der Waals surface area (Å²) in [6.07, 6.45) is 2.37. The van der Waals surface area contributed by atoms with Crippen molar-refractivity contribution in [3.05, 3.63) is 65.2 Å². The van der Waals surface area contributed by atoms with Gasteiger partial charge in [0.05, 0.1) is 0 Å². The molecule has 102 valence electrons. The number of hydrogen-bond acceptors (Lipinski definition) is 2. The van der Waals surface area contributed by atoms with Crippen molar-refractivity contribution in [3.8, 4) is 5.75 Å². The van der Waals surface area contributed by atoms with Crippen molar-refractivity contribution >= 4 is 5.97 Å². The summed E-state index contributed by atoms with van der Waals surface area (Å²) in [7, 11) is 0. The van der Waals surface area contributed by atoms with Gasteiger partial charge >= 0.3 is 5.97 Å². The normalized spacial score (nSPS) is 14.0. The van der Waals surface area contributed by atoms with Crippen LogP contribution in [0.4, 0.5) is 0 Å². The molecule has 0 spiro atoms. The molecule has 0 unspecified atom stereocenters. The summed E-state index contributed by atoms with van der Waals surface area (Å²) in [5.74, 6) is 0.0954. The van der Waals surface area contributed by atoms with Crippen molar-refractivity contribution in [2.24, 2.45) is 0 Å². The van der Waals surface area contributed by atoms with Gasteiger partial charge < -0.3 is 9.84 Å². The Kier molecular flexibility index (Phi) is 3.42. The van der Waals surface area contributed by atoms with Crippen LogP contribution in [-0.2, 0) is 6.61 Å². The van der Waals surface area contributed by atoms with Crippen LogP contribution in [0.5, 0.6) is 5.75 Å². The van der Waals surface area contributed by atoms with Gasteiger partial charge in [0, 0.05) is 0 Å². The van der Waals surface area contributed by atoms with Crippen LogP contribution in [0, 0.1) is 0 Å². The molecule has 3 heteroatoms. The standard InChI is InChI=1S/C17H16O3/c18-17(19)15-9-8-14(13-6-7-13)10-16(15)20-11-12-4-2-1-3-5-12/h1-5,8-10,13H,6-7,11H2,(H,18,19). The maximum absolute atomic E-state index is 11.2. The Morgan fingerprint density at radius 1 is 1.15 bits per heavy atom. The van der Waals surface area contributed by atoms with Crippen LogP contribution >= 0.6 is 0 Å². The number of carboxylic acid groups (broad SMARTS) is 1. The Balaban J connectivity index is 1.82. The fraction of sp³-hybridized carbons (Fsp3) is 0.235. The van der Waals surface area contributed by atoms with E-state index >= 15 is 0 Å². The van der Waals surface area contributed by atoms with Crippen LogP contribution in [0.1, 0.15) is 40.2 Å². The van der Waals surface area contributed by atoms with Gasteiger partial charge in [-0.3, -0.25) is 0 Å². The molecule has 0 atom stereocenters. The minimum atomic E-state index is -0.949. The predicted molar refractivity (Wildman–Crippen MR) is 76.2 cm³/mol. The van der Waals surface area contributed by atoms with E-state index in [0.29, 0.717) is 18.3 Å². The largest absolute Gasteiger partial charge is 0.488 e. The quantitative estimate of drug-likeness (QED) is 0.896. The van der Waals surface area contributed by atoms with E-state index in [1.54, 1.807) is 6.07 Å². The van der Waals surface area contributed by atoms with Crippen molar-refractivity contribution in [1.29, 1.82) is 0 Å². The molecule has 1 saturated carbocycles. The Morgan fingerprint density at radius 2 is 1.90 bits per heavy atom. The van der Waals surface area contributed by atoms with Gasteiger partial charge in [0.2, 0.25) is 0 Å². The molecule has 1 aliphatic carbocycles. The minimum Gasteiger partial charge on any atom is -0.488 e. The molecule has 0 radical (unpaired) electrons. The van der Waals surface area contributed by atoms with Crippen LogP contribution in [-0.4, -0.2) is 11.1 Å². The van der Waals surface area contributed by atoms with E-state index in [4.69, 9.17) is 4.74 Å². The zero-order chi connectivity index (χ0) is 13.9. The molecule has 2 aromatic rings. The van der Waals surface area contributed by atoms with Crippen LogP contribution in [0.25, 0.3) is 0 Å². The first kappa shape index (κ1) is 12.7. The summed E-state index contributed by atoms with van der Waals surface area (Å²) >= 11 is 0. The van der Waals surface area contributed by atoms with E-state index in [1.807, 2.05) is 42.5 Å². The summed E-state index contributed by atoms with van der Waals surface area (Å²) in [5, 5.41) is 9.23. The number of rotatable bonds is 5. The third-order valence-electron chi connectivity index (χ3n) is 3.52. The van der Waals surface area contributed by atoms with Gasteiger partial charge in [0.1, 0.15) is 17.9 Å². The highest BCUT2D eigenvalue weighted by Crippen LogP contribution is 2.41. The van der Waals surface area contributed by atoms with E-state index in [9.17, 15) is 9.90 Å². The lowest BCUT2D eigenvalue weighted by Crippen LogP contribution is -2.04. The van der Waals surface area contributed by atoms with Crippen LogP contribution in [0.2, 0.25) is 0 Å². The van der Waals surface area contributed by atoms with E-state index < -0.39 is 5.97 Å². The molecular weight excluding hydrogens is 252 g/mol. The lowest BCUT2D eigenvalue weighted by Gasteiger charge is -2.11. The summed E-state index contributed by atoms with van der Waals surface area (Å²) in [6.45, 7) is 0.384. The first-order valence-corrected chi connectivity index (χ1v) is 6.78. The van der Waals surface area contributed by atoms with Crippen LogP contribution in [0.15, 0.2) is 48.5 Å². The maximum Gasteiger partial charge on any atom is 0.339 e. The molecule has 3 nitrogen and oxygen atoms in total. The topological polar surface area (TPSA) is 46.5 Å². The van der Waals surface area contributed by atoms with Crippen molar-refractivity contribution < 1.29 is 14.6 Å². The van der Waals surface area contributed by atoms with Gasteiger partial charge in [0.15, 0.2) is 0 Å². The Bertz CT molecular complexity index is 615. The van der Waals surface area contributed by atoms with Gasteiger partial charge in [-0.15, -0.1) is 0 Å². The monoisotopic (exact) mass is 268 g/mol. The van der Waals surface area contributed by atoms with Gasteiger partial charge in [-0.05, 0) is 42.0 Å². The average Bonchev–Trinajstić information content (AvgIpc) is 3.30. The molecular formula is C17H16O3. The number of carboxylic acids is 1. The van der Waals surface area contributed by atoms with E-state index in [-0.39, 0.29) is 5.56 Å². The molecule has 0 aliphatic heterocycles. The summed E-state index contributed by atoms with van der Waals surface area (Å²) < 4.78 is 5.72. The van der Waals surface area contributed by atoms with E-state index in [0.717, 1.165) is 5.56 Å². The fourth-order valence-electron chi connectivity index (χ4n) is 2.24. The van der Waals surface area contributed by atoms with Crippen LogP contribution < -0.4 is 4.74 Å². The number of ether oxygens (including phenoxy) is 1. The molecule has 1 fully saturated rings. The number of carbonyl (C=O) groups is 1. The van der Waals surface area contributed by atoms with E-state index in [1.165, 1.54) is 18.4 Å². The first-order chi connectivity index (χ1) is 9.74. The molecule has 1 N–H and O–H groups in total. The Morgan fingerprint density at radius 3 is 2.55 bits per heavy atom. The van der Waals surface area contributed by atoms with Crippen molar-refractivity contribution in [2.75, 3.05) is 0 Å². The molecule has 0 aromatic heterocycles. The third kappa shape index (κ3) is 2.82. The van der Waals surface area contributed by atoms with Crippen LogP contribution in [0.3, 0.4) is 0 Å². The third-order valence-corrected chi connectivity index (χ3v) is 3.52. The molecule has 1 aliphatic rings. The summed E-state index contributed by atoms with van der Waals surface area (Å²) in [5.41, 5.74) is 2.43. The average molecular weight is 268 g/mol. The second-order valence-corrected chi connectivity index (χ2v) is 5.11. The predicted octanol–water partition coefficient (Wildman–Crippen LogP) is 3.84. The highest BCUT2D eigenvalue weighted by atomic mass is 16.5. The fourth-order valence-corrected chi connectivity index (χ4v) is 2.24. The second-order valence-electron chi connectivity index (χ2n) is 5.11. The summed E-state index contributed by atoms with van der Waals surface area (Å²) in [6, 6.07) is 15.2. The van der Waals surface area contributed by atoms with Crippen molar-refractivity contribution in [3.63, 3.8) is 0 Å².